The van der Waals surface area contributed by atoms with Gasteiger partial charge in [0.1, 0.15) is 5.75 Å². The molecule has 1 aliphatic carbocycles. The molecule has 1 heterocycles. The lowest BCUT2D eigenvalue weighted by Crippen LogP contribution is -2.44. The summed E-state index contributed by atoms with van der Waals surface area (Å²) in [4.78, 5) is 15.5. The van der Waals surface area contributed by atoms with Crippen molar-refractivity contribution in [3.8, 4) is 5.75 Å². The highest BCUT2D eigenvalue weighted by atomic mass is 16.5. The normalized spacial score (nSPS) is 18.5. The van der Waals surface area contributed by atoms with Gasteiger partial charge in [0, 0.05) is 12.1 Å². The second-order valence-electron chi connectivity index (χ2n) is 7.33. The number of hydrogen-bond donors (Lipinski definition) is 0. The number of fused-ring (bicyclic) bond motifs is 2. The van der Waals surface area contributed by atoms with Crippen LogP contribution in [0.1, 0.15) is 59.2 Å². The molecular weight excluding hydrogens is 310 g/mol. The van der Waals surface area contributed by atoms with Crippen molar-refractivity contribution in [2.75, 3.05) is 7.11 Å². The number of carbonyl (C=O) groups is 1. The fourth-order valence-electron chi connectivity index (χ4n) is 4.63. The molecule has 0 unspecified atom stereocenters. The molecule has 1 aliphatic heterocycles. The van der Waals surface area contributed by atoms with Crippen molar-refractivity contribution >= 4 is 5.91 Å². The molecule has 2 aromatic rings. The Morgan fingerprint density at radius 1 is 1.04 bits per heavy atom. The summed E-state index contributed by atoms with van der Waals surface area (Å²) in [7, 11) is 1.68. The molecule has 25 heavy (non-hydrogen) atoms. The van der Waals surface area contributed by atoms with Gasteiger partial charge in [-0.15, -0.1) is 0 Å². The van der Waals surface area contributed by atoms with Crippen LogP contribution < -0.4 is 4.74 Å². The molecule has 0 N–H and O–H groups in total. The van der Waals surface area contributed by atoms with Gasteiger partial charge in [0.2, 0.25) is 0 Å². The number of rotatable bonds is 3. The topological polar surface area (TPSA) is 29.5 Å². The third kappa shape index (κ3) is 2.53. The van der Waals surface area contributed by atoms with Crippen LogP contribution >= 0.6 is 0 Å². The Balaban J connectivity index is 1.75. The average Bonchev–Trinajstić information content (AvgIpc) is 2.87. The quantitative estimate of drug-likeness (QED) is 0.805. The summed E-state index contributed by atoms with van der Waals surface area (Å²) in [5.41, 5.74) is 4.34. The number of methoxy groups -OCH3 is 1. The molecule has 1 fully saturated rings. The number of aryl methyl sites for hydroxylation is 1. The fourth-order valence-corrected chi connectivity index (χ4v) is 4.63. The SMILES string of the molecule is COc1ccc(CN2C(=O)c3c(C)cccc3C23CCCCC3)cc1. The highest BCUT2D eigenvalue weighted by molar-refractivity contribution is 6.01. The number of hydrogen-bond acceptors (Lipinski definition) is 2. The van der Waals surface area contributed by atoms with E-state index in [4.69, 9.17) is 4.74 Å². The van der Waals surface area contributed by atoms with Gasteiger partial charge < -0.3 is 9.64 Å². The van der Waals surface area contributed by atoms with Crippen molar-refractivity contribution in [2.45, 2.75) is 51.1 Å². The number of nitrogens with zero attached hydrogens (tertiary/aromatic N) is 1. The number of carbonyl (C=O) groups excluding carboxylic acids is 1. The molecule has 0 bridgehead atoms. The summed E-state index contributed by atoms with van der Waals surface area (Å²) >= 11 is 0. The van der Waals surface area contributed by atoms with Gasteiger partial charge in [0.05, 0.1) is 12.6 Å². The molecule has 2 aliphatic rings. The minimum atomic E-state index is -0.114. The zero-order chi connectivity index (χ0) is 17.4. The molecule has 4 rings (SSSR count). The predicted octanol–water partition coefficient (Wildman–Crippen LogP) is 4.82. The number of amides is 1. The van der Waals surface area contributed by atoms with Gasteiger partial charge in [-0.2, -0.15) is 0 Å². The van der Waals surface area contributed by atoms with Gasteiger partial charge in [-0.25, -0.2) is 0 Å². The molecule has 1 spiro atoms. The van der Waals surface area contributed by atoms with E-state index in [2.05, 4.69) is 42.2 Å². The van der Waals surface area contributed by atoms with Crippen LogP contribution in [0.5, 0.6) is 5.75 Å². The van der Waals surface area contributed by atoms with E-state index in [1.165, 1.54) is 24.8 Å². The average molecular weight is 335 g/mol. The van der Waals surface area contributed by atoms with Crippen LogP contribution in [-0.2, 0) is 12.1 Å². The molecule has 3 heteroatoms. The molecular formula is C22H25NO2. The summed E-state index contributed by atoms with van der Waals surface area (Å²) in [5.74, 6) is 1.05. The summed E-state index contributed by atoms with van der Waals surface area (Å²) in [6.07, 6.45) is 5.81. The van der Waals surface area contributed by atoms with Gasteiger partial charge in [0.25, 0.3) is 5.91 Å². The molecule has 1 amide bonds. The third-order valence-corrected chi connectivity index (χ3v) is 5.93. The van der Waals surface area contributed by atoms with Gasteiger partial charge in [-0.1, -0.05) is 49.6 Å². The fraction of sp³-hybridized carbons (Fsp3) is 0.409. The van der Waals surface area contributed by atoms with Crippen molar-refractivity contribution in [3.63, 3.8) is 0 Å². The highest BCUT2D eigenvalue weighted by Crippen LogP contribution is 2.50. The van der Waals surface area contributed by atoms with Crippen molar-refractivity contribution in [1.29, 1.82) is 0 Å². The van der Waals surface area contributed by atoms with Gasteiger partial charge >= 0.3 is 0 Å². The van der Waals surface area contributed by atoms with E-state index in [9.17, 15) is 4.79 Å². The molecule has 3 nitrogen and oxygen atoms in total. The van der Waals surface area contributed by atoms with Crippen LogP contribution in [-0.4, -0.2) is 17.9 Å². The van der Waals surface area contributed by atoms with E-state index in [1.54, 1.807) is 7.11 Å². The Bertz CT molecular complexity index is 788. The van der Waals surface area contributed by atoms with Crippen LogP contribution in [0.2, 0.25) is 0 Å². The van der Waals surface area contributed by atoms with E-state index in [0.29, 0.717) is 6.54 Å². The lowest BCUT2D eigenvalue weighted by Gasteiger charge is -2.42. The van der Waals surface area contributed by atoms with Crippen LogP contribution in [0.3, 0.4) is 0 Å². The molecule has 130 valence electrons. The third-order valence-electron chi connectivity index (χ3n) is 5.93. The molecule has 0 aromatic heterocycles. The van der Waals surface area contributed by atoms with E-state index in [-0.39, 0.29) is 11.4 Å². The van der Waals surface area contributed by atoms with E-state index >= 15 is 0 Å². The summed E-state index contributed by atoms with van der Waals surface area (Å²) in [5, 5.41) is 0. The molecule has 1 saturated carbocycles. The van der Waals surface area contributed by atoms with Crippen LogP contribution in [0.25, 0.3) is 0 Å². The van der Waals surface area contributed by atoms with E-state index in [0.717, 1.165) is 35.3 Å². The lowest BCUT2D eigenvalue weighted by molar-refractivity contribution is 0.0387. The highest BCUT2D eigenvalue weighted by Gasteiger charge is 2.50. The van der Waals surface area contributed by atoms with E-state index < -0.39 is 0 Å². The van der Waals surface area contributed by atoms with Crippen molar-refractivity contribution in [1.82, 2.24) is 4.90 Å². The Labute approximate surface area is 149 Å². The summed E-state index contributed by atoms with van der Waals surface area (Å²) < 4.78 is 5.26. The largest absolute Gasteiger partial charge is 0.497 e. The lowest BCUT2D eigenvalue weighted by atomic mass is 9.76. The van der Waals surface area contributed by atoms with Crippen molar-refractivity contribution in [2.24, 2.45) is 0 Å². The monoisotopic (exact) mass is 335 g/mol. The maximum Gasteiger partial charge on any atom is 0.255 e. The molecule has 2 aromatic carbocycles. The van der Waals surface area contributed by atoms with Gasteiger partial charge in [0.15, 0.2) is 0 Å². The molecule has 0 saturated heterocycles. The van der Waals surface area contributed by atoms with Crippen LogP contribution in [0.4, 0.5) is 0 Å². The number of ether oxygens (including phenoxy) is 1. The summed E-state index contributed by atoms with van der Waals surface area (Å²) in [6, 6.07) is 14.4. The Kier molecular flexibility index (Phi) is 4.03. The Morgan fingerprint density at radius 3 is 2.44 bits per heavy atom. The van der Waals surface area contributed by atoms with E-state index in [1.807, 2.05) is 12.1 Å². The minimum absolute atomic E-state index is 0.114. The summed E-state index contributed by atoms with van der Waals surface area (Å²) in [6.45, 7) is 2.72. The first kappa shape index (κ1) is 16.2. The van der Waals surface area contributed by atoms with Crippen LogP contribution in [0, 0.1) is 6.92 Å². The second kappa shape index (κ2) is 6.21. The van der Waals surface area contributed by atoms with Crippen molar-refractivity contribution < 1.29 is 9.53 Å². The Morgan fingerprint density at radius 2 is 1.76 bits per heavy atom. The zero-order valence-electron chi connectivity index (χ0n) is 15.0. The first-order valence-corrected chi connectivity index (χ1v) is 9.21. The zero-order valence-corrected chi connectivity index (χ0v) is 15.0. The maximum absolute atomic E-state index is 13.3. The minimum Gasteiger partial charge on any atom is -0.497 e. The smallest absolute Gasteiger partial charge is 0.255 e. The first-order chi connectivity index (χ1) is 12.2. The predicted molar refractivity (Wildman–Crippen MR) is 98.8 cm³/mol. The first-order valence-electron chi connectivity index (χ1n) is 9.21. The Hall–Kier alpha value is -2.29. The molecule has 0 radical (unpaired) electrons. The second-order valence-corrected chi connectivity index (χ2v) is 7.33. The van der Waals surface area contributed by atoms with Gasteiger partial charge in [-0.3, -0.25) is 4.79 Å². The van der Waals surface area contributed by atoms with Crippen LogP contribution in [0.15, 0.2) is 42.5 Å². The van der Waals surface area contributed by atoms with Crippen molar-refractivity contribution in [3.05, 3.63) is 64.7 Å². The number of benzene rings is 2. The van der Waals surface area contributed by atoms with Gasteiger partial charge in [-0.05, 0) is 48.6 Å². The maximum atomic E-state index is 13.3. The molecule has 0 atom stereocenters. The standard InChI is InChI=1S/C22H25NO2/c1-16-7-6-8-19-20(16)21(24)23(22(19)13-4-3-5-14-22)15-17-9-11-18(25-2)12-10-17/h6-12H,3-5,13-15H2,1-2H3.